The molecule has 3 aromatic heterocycles. The third-order valence-corrected chi connectivity index (χ3v) is 7.45. The van der Waals surface area contributed by atoms with Crippen LogP contribution in [0.25, 0.3) is 10.2 Å². The standard InChI is InChI=1S/C26H32N8S/c1-16-27-20-12-13-35-22(20)25(28-16)30-24-19-14-34(26(3,4)23(19)31-32-24)17(2)29-21(15-33(5)6)18-10-8-7-9-11-18/h7-13,21,29H,2,14-15H2,1,3-6H3,(H2,27,28,30,31,32). The lowest BCUT2D eigenvalue weighted by atomic mass is 10.0. The van der Waals surface area contributed by atoms with Crippen LogP contribution in [0.1, 0.15) is 42.5 Å². The second-order valence-electron chi connectivity index (χ2n) is 9.77. The molecule has 3 N–H and O–H groups in total. The molecule has 1 atom stereocenters. The first-order valence-corrected chi connectivity index (χ1v) is 12.6. The van der Waals surface area contributed by atoms with Gasteiger partial charge in [0, 0.05) is 12.1 Å². The van der Waals surface area contributed by atoms with Gasteiger partial charge in [-0.1, -0.05) is 36.9 Å². The monoisotopic (exact) mass is 488 g/mol. The van der Waals surface area contributed by atoms with Crippen molar-refractivity contribution in [2.24, 2.45) is 0 Å². The summed E-state index contributed by atoms with van der Waals surface area (Å²) in [6.07, 6.45) is 0. The predicted molar refractivity (Wildman–Crippen MR) is 143 cm³/mol. The van der Waals surface area contributed by atoms with Crippen molar-refractivity contribution in [2.75, 3.05) is 26.0 Å². The van der Waals surface area contributed by atoms with Gasteiger partial charge in [-0.3, -0.25) is 5.10 Å². The van der Waals surface area contributed by atoms with Crippen molar-refractivity contribution in [3.05, 3.63) is 76.8 Å². The van der Waals surface area contributed by atoms with E-state index in [1.807, 2.05) is 24.4 Å². The molecule has 0 fully saturated rings. The molecule has 0 aliphatic carbocycles. The fourth-order valence-corrected chi connectivity index (χ4v) is 5.57. The number of aromatic amines is 1. The van der Waals surface area contributed by atoms with E-state index in [0.717, 1.165) is 51.3 Å². The largest absolute Gasteiger partial charge is 0.364 e. The van der Waals surface area contributed by atoms with E-state index in [1.54, 1.807) is 11.3 Å². The Kier molecular flexibility index (Phi) is 5.98. The summed E-state index contributed by atoms with van der Waals surface area (Å²) >= 11 is 1.63. The molecular formula is C26H32N8S. The third-order valence-electron chi connectivity index (χ3n) is 6.54. The van der Waals surface area contributed by atoms with Crippen LogP contribution in [0, 0.1) is 6.92 Å². The number of H-pyrrole nitrogens is 1. The van der Waals surface area contributed by atoms with Gasteiger partial charge in [-0.2, -0.15) is 5.10 Å². The average Bonchev–Trinajstić information content (AvgIpc) is 3.50. The highest BCUT2D eigenvalue weighted by atomic mass is 32.1. The Bertz CT molecular complexity index is 1350. The lowest BCUT2D eigenvalue weighted by Gasteiger charge is -2.37. The second kappa shape index (κ2) is 8.98. The number of hydrogen-bond donors (Lipinski definition) is 3. The van der Waals surface area contributed by atoms with Crippen LogP contribution in [0.4, 0.5) is 11.6 Å². The van der Waals surface area contributed by atoms with Crippen LogP contribution in [0.2, 0.25) is 0 Å². The van der Waals surface area contributed by atoms with E-state index in [-0.39, 0.29) is 11.6 Å². The van der Waals surface area contributed by atoms with E-state index < -0.39 is 0 Å². The lowest BCUT2D eigenvalue weighted by molar-refractivity contribution is 0.162. The number of aromatic nitrogens is 4. The second-order valence-corrected chi connectivity index (χ2v) is 10.7. The Labute approximate surface area is 210 Å². The van der Waals surface area contributed by atoms with E-state index >= 15 is 0 Å². The van der Waals surface area contributed by atoms with Crippen molar-refractivity contribution >= 4 is 33.2 Å². The smallest absolute Gasteiger partial charge is 0.158 e. The zero-order valence-corrected chi connectivity index (χ0v) is 21.7. The minimum Gasteiger partial charge on any atom is -0.364 e. The van der Waals surface area contributed by atoms with Crippen molar-refractivity contribution in [1.82, 2.24) is 35.3 Å². The normalized spacial score (nSPS) is 15.4. The Morgan fingerprint density at radius 2 is 1.97 bits per heavy atom. The topological polar surface area (TPSA) is 85.0 Å². The molecule has 1 aliphatic heterocycles. The summed E-state index contributed by atoms with van der Waals surface area (Å²) in [5, 5.41) is 17.1. The minimum atomic E-state index is -0.300. The summed E-state index contributed by atoms with van der Waals surface area (Å²) in [4.78, 5) is 13.7. The molecule has 9 heteroatoms. The van der Waals surface area contributed by atoms with Gasteiger partial charge in [0.1, 0.15) is 5.82 Å². The molecule has 0 spiro atoms. The maximum atomic E-state index is 4.65. The zero-order valence-electron chi connectivity index (χ0n) is 20.9. The number of hydrogen-bond acceptors (Lipinski definition) is 8. The van der Waals surface area contributed by atoms with Crippen LogP contribution in [0.15, 0.2) is 54.2 Å². The fraction of sp³-hybridized carbons (Fsp3) is 0.346. The van der Waals surface area contributed by atoms with Gasteiger partial charge < -0.3 is 20.4 Å². The number of anilines is 2. The lowest BCUT2D eigenvalue weighted by Crippen LogP contribution is -2.42. The molecule has 4 aromatic rings. The Balaban J connectivity index is 1.40. The first-order valence-electron chi connectivity index (χ1n) is 11.7. The SMILES string of the molecule is C=C(NC(CN(C)C)c1ccccc1)N1Cc2c(Nc3nc(C)nc4ccsc34)n[nH]c2C1(C)C. The first-order chi connectivity index (χ1) is 16.7. The van der Waals surface area contributed by atoms with Crippen molar-refractivity contribution in [2.45, 2.75) is 38.9 Å². The summed E-state index contributed by atoms with van der Waals surface area (Å²) in [7, 11) is 4.18. The molecule has 0 bridgehead atoms. The number of fused-ring (bicyclic) bond motifs is 2. The van der Waals surface area contributed by atoms with Crippen molar-refractivity contribution < 1.29 is 0 Å². The van der Waals surface area contributed by atoms with E-state index in [2.05, 4.69) is 99.4 Å². The number of thiophene rings is 1. The van der Waals surface area contributed by atoms with Crippen molar-refractivity contribution in [3.63, 3.8) is 0 Å². The zero-order chi connectivity index (χ0) is 24.7. The molecule has 5 rings (SSSR count). The first kappa shape index (κ1) is 23.3. The molecule has 1 aliphatic rings. The molecule has 35 heavy (non-hydrogen) atoms. The van der Waals surface area contributed by atoms with Crippen molar-refractivity contribution in [3.8, 4) is 0 Å². The summed E-state index contributed by atoms with van der Waals surface area (Å²) in [6, 6.07) is 12.7. The van der Waals surface area contributed by atoms with E-state index in [1.165, 1.54) is 5.56 Å². The Morgan fingerprint density at radius 3 is 2.71 bits per heavy atom. The van der Waals surface area contributed by atoms with Crippen LogP contribution in [0.5, 0.6) is 0 Å². The van der Waals surface area contributed by atoms with Gasteiger partial charge in [-0.05, 0) is 51.9 Å². The predicted octanol–water partition coefficient (Wildman–Crippen LogP) is 4.88. The number of nitrogens with zero attached hydrogens (tertiary/aromatic N) is 5. The van der Waals surface area contributed by atoms with E-state index in [0.29, 0.717) is 6.54 Å². The molecule has 0 saturated heterocycles. The summed E-state index contributed by atoms with van der Waals surface area (Å²) in [6.45, 7) is 12.3. The maximum Gasteiger partial charge on any atom is 0.158 e. The third kappa shape index (κ3) is 4.37. The van der Waals surface area contributed by atoms with Gasteiger partial charge >= 0.3 is 0 Å². The number of likely N-dealkylation sites (N-methyl/N-ethyl adjacent to an activating group) is 1. The summed E-state index contributed by atoms with van der Waals surface area (Å²) < 4.78 is 1.03. The van der Waals surface area contributed by atoms with E-state index in [4.69, 9.17) is 0 Å². The molecule has 1 unspecified atom stereocenters. The van der Waals surface area contributed by atoms with Crippen LogP contribution < -0.4 is 10.6 Å². The molecule has 0 saturated carbocycles. The highest BCUT2D eigenvalue weighted by molar-refractivity contribution is 7.17. The van der Waals surface area contributed by atoms with Gasteiger partial charge in [0.15, 0.2) is 11.6 Å². The van der Waals surface area contributed by atoms with Crippen LogP contribution in [-0.4, -0.2) is 50.6 Å². The Hall–Kier alpha value is -3.43. The van der Waals surface area contributed by atoms with Gasteiger partial charge in [0.05, 0.1) is 39.9 Å². The van der Waals surface area contributed by atoms with Gasteiger partial charge in [-0.25, -0.2) is 9.97 Å². The number of benzene rings is 1. The van der Waals surface area contributed by atoms with Gasteiger partial charge in [-0.15, -0.1) is 11.3 Å². The van der Waals surface area contributed by atoms with Crippen LogP contribution in [-0.2, 0) is 12.1 Å². The quantitative estimate of drug-likeness (QED) is 0.326. The minimum absolute atomic E-state index is 0.125. The molecule has 0 radical (unpaired) electrons. The molecule has 0 amide bonds. The average molecular weight is 489 g/mol. The maximum absolute atomic E-state index is 4.65. The summed E-state index contributed by atoms with van der Waals surface area (Å²) in [5.74, 6) is 3.21. The van der Waals surface area contributed by atoms with Crippen LogP contribution in [0.3, 0.4) is 0 Å². The number of rotatable bonds is 8. The molecule has 1 aromatic carbocycles. The van der Waals surface area contributed by atoms with E-state index in [9.17, 15) is 0 Å². The highest BCUT2D eigenvalue weighted by Crippen LogP contribution is 2.43. The fourth-order valence-electron chi connectivity index (χ4n) is 4.79. The Morgan fingerprint density at radius 1 is 1.20 bits per heavy atom. The number of nitrogens with one attached hydrogen (secondary N) is 3. The highest BCUT2D eigenvalue weighted by Gasteiger charge is 2.42. The number of aryl methyl sites for hydroxylation is 1. The molecule has 182 valence electrons. The summed E-state index contributed by atoms with van der Waals surface area (Å²) in [5.41, 5.74) is 4.10. The van der Waals surface area contributed by atoms with Crippen LogP contribution >= 0.6 is 11.3 Å². The van der Waals surface area contributed by atoms with Gasteiger partial charge in [0.25, 0.3) is 0 Å². The van der Waals surface area contributed by atoms with Crippen molar-refractivity contribution in [1.29, 1.82) is 0 Å². The molecular weight excluding hydrogens is 456 g/mol. The molecule has 8 nitrogen and oxygen atoms in total. The van der Waals surface area contributed by atoms with Gasteiger partial charge in [0.2, 0.25) is 0 Å². The molecule has 4 heterocycles.